The molecule has 2 amide bonds. The lowest BCUT2D eigenvalue weighted by Gasteiger charge is -2.10. The number of carboxylic acids is 1. The van der Waals surface area contributed by atoms with Crippen molar-refractivity contribution in [3.63, 3.8) is 0 Å². The van der Waals surface area contributed by atoms with Crippen molar-refractivity contribution in [2.45, 2.75) is 6.54 Å². The van der Waals surface area contributed by atoms with Gasteiger partial charge in [0.1, 0.15) is 11.4 Å². The molecule has 0 aromatic heterocycles. The van der Waals surface area contributed by atoms with Gasteiger partial charge in [-0.15, -0.1) is 0 Å². The Hall–Kier alpha value is -3.91. The number of rotatable bonds is 7. The van der Waals surface area contributed by atoms with Gasteiger partial charge in [0.25, 0.3) is 11.8 Å². The van der Waals surface area contributed by atoms with E-state index < -0.39 is 11.9 Å². The smallest absolute Gasteiger partial charge is 0.352 e. The fourth-order valence-corrected chi connectivity index (χ4v) is 3.41. The monoisotopic (exact) mass is 494 g/mol. The molecule has 8 heteroatoms. The maximum atomic E-state index is 12.6. The van der Waals surface area contributed by atoms with Crippen molar-refractivity contribution in [1.82, 2.24) is 10.6 Å². The SMILES string of the molecule is O=C(O)C(=Cc1ccccc1)NC(=O)c1ccc(C(=O)NCc2cccc(O)c2)cc1Br. The van der Waals surface area contributed by atoms with E-state index in [4.69, 9.17) is 0 Å². The highest BCUT2D eigenvalue weighted by atomic mass is 79.9. The standard InChI is InChI=1S/C24H19BrN2O5/c25-20-13-17(22(29)26-14-16-7-4-8-18(28)11-16)9-10-19(20)23(30)27-21(24(31)32)12-15-5-2-1-3-6-15/h1-13,28H,14H2,(H,26,29)(H,27,30)(H,31,32). The largest absolute Gasteiger partial charge is 0.508 e. The number of nitrogens with one attached hydrogen (secondary N) is 2. The van der Waals surface area contributed by atoms with Gasteiger partial charge in [-0.2, -0.15) is 0 Å². The predicted molar refractivity (Wildman–Crippen MR) is 123 cm³/mol. The molecule has 4 N–H and O–H groups in total. The Morgan fingerprint density at radius 3 is 2.31 bits per heavy atom. The van der Waals surface area contributed by atoms with Crippen molar-refractivity contribution in [3.05, 3.63) is 105 Å². The van der Waals surface area contributed by atoms with Gasteiger partial charge in [-0.05, 0) is 63.5 Å². The van der Waals surface area contributed by atoms with Crippen LogP contribution in [0.4, 0.5) is 0 Å². The van der Waals surface area contributed by atoms with Crippen molar-refractivity contribution in [2.24, 2.45) is 0 Å². The first-order chi connectivity index (χ1) is 15.3. The van der Waals surface area contributed by atoms with E-state index in [0.717, 1.165) is 5.56 Å². The first-order valence-corrected chi connectivity index (χ1v) is 10.3. The van der Waals surface area contributed by atoms with E-state index in [-0.39, 0.29) is 29.5 Å². The van der Waals surface area contributed by atoms with E-state index in [1.54, 1.807) is 48.5 Å². The fraction of sp³-hybridized carbons (Fsp3) is 0.0417. The second kappa shape index (κ2) is 10.4. The molecule has 0 saturated heterocycles. The first kappa shape index (κ1) is 22.8. The lowest BCUT2D eigenvalue weighted by molar-refractivity contribution is -0.132. The van der Waals surface area contributed by atoms with Crippen molar-refractivity contribution in [3.8, 4) is 5.75 Å². The molecule has 0 spiro atoms. The minimum absolute atomic E-state index is 0.108. The number of hydrogen-bond donors (Lipinski definition) is 4. The molecule has 3 rings (SSSR count). The van der Waals surface area contributed by atoms with Crippen LogP contribution in [0.3, 0.4) is 0 Å². The van der Waals surface area contributed by atoms with Crippen LogP contribution in [0.2, 0.25) is 0 Å². The molecule has 0 saturated carbocycles. The number of amides is 2. The maximum Gasteiger partial charge on any atom is 0.352 e. The van der Waals surface area contributed by atoms with E-state index in [1.807, 2.05) is 0 Å². The summed E-state index contributed by atoms with van der Waals surface area (Å²) in [4.78, 5) is 36.6. The van der Waals surface area contributed by atoms with Crippen LogP contribution in [0.15, 0.2) is 83.0 Å². The van der Waals surface area contributed by atoms with E-state index >= 15 is 0 Å². The number of carbonyl (C=O) groups excluding carboxylic acids is 2. The third-order valence-corrected chi connectivity index (χ3v) is 5.08. The summed E-state index contributed by atoms with van der Waals surface area (Å²) in [6.07, 6.45) is 1.36. The minimum Gasteiger partial charge on any atom is -0.508 e. The molecule has 3 aromatic rings. The van der Waals surface area contributed by atoms with E-state index in [0.29, 0.717) is 15.6 Å². The lowest BCUT2D eigenvalue weighted by atomic mass is 10.1. The highest BCUT2D eigenvalue weighted by molar-refractivity contribution is 9.10. The quantitative estimate of drug-likeness (QED) is 0.371. The lowest BCUT2D eigenvalue weighted by Crippen LogP contribution is -2.28. The molecule has 0 heterocycles. The number of aliphatic carboxylic acids is 1. The molecule has 162 valence electrons. The first-order valence-electron chi connectivity index (χ1n) is 9.50. The molecule has 3 aromatic carbocycles. The summed E-state index contributed by atoms with van der Waals surface area (Å²) in [6, 6.07) is 19.7. The topological polar surface area (TPSA) is 116 Å². The van der Waals surface area contributed by atoms with Crippen molar-refractivity contribution in [2.75, 3.05) is 0 Å². The van der Waals surface area contributed by atoms with Gasteiger partial charge in [-0.1, -0.05) is 42.5 Å². The number of phenolic OH excluding ortho intramolecular Hbond substituents is 1. The Morgan fingerprint density at radius 1 is 0.906 bits per heavy atom. The minimum atomic E-state index is -1.28. The highest BCUT2D eigenvalue weighted by Crippen LogP contribution is 2.20. The third-order valence-electron chi connectivity index (χ3n) is 4.43. The van der Waals surface area contributed by atoms with E-state index in [2.05, 4.69) is 26.6 Å². The van der Waals surface area contributed by atoms with Gasteiger partial charge in [0, 0.05) is 16.6 Å². The van der Waals surface area contributed by atoms with Crippen molar-refractivity contribution < 1.29 is 24.6 Å². The summed E-state index contributed by atoms with van der Waals surface area (Å²) >= 11 is 3.27. The molecule has 0 atom stereocenters. The number of halogens is 1. The summed E-state index contributed by atoms with van der Waals surface area (Å²) in [7, 11) is 0. The van der Waals surface area contributed by atoms with Gasteiger partial charge >= 0.3 is 5.97 Å². The Kier molecular flexibility index (Phi) is 7.41. The summed E-state index contributed by atoms with van der Waals surface area (Å²) in [5.74, 6) is -2.16. The second-order valence-corrected chi connectivity index (χ2v) is 7.63. The van der Waals surface area contributed by atoms with Crippen LogP contribution in [0.25, 0.3) is 6.08 Å². The molecular weight excluding hydrogens is 476 g/mol. The van der Waals surface area contributed by atoms with Crippen molar-refractivity contribution in [1.29, 1.82) is 0 Å². The number of benzene rings is 3. The number of hydrogen-bond acceptors (Lipinski definition) is 4. The van der Waals surface area contributed by atoms with Crippen LogP contribution in [0.1, 0.15) is 31.8 Å². The van der Waals surface area contributed by atoms with Crippen LogP contribution in [-0.4, -0.2) is 28.0 Å². The van der Waals surface area contributed by atoms with Crippen LogP contribution in [0, 0.1) is 0 Å². The average molecular weight is 495 g/mol. The van der Waals surface area contributed by atoms with Gasteiger partial charge in [0.2, 0.25) is 0 Å². The second-order valence-electron chi connectivity index (χ2n) is 6.78. The number of carboxylic acid groups (broad SMARTS) is 1. The molecule has 0 fully saturated rings. The average Bonchev–Trinajstić information content (AvgIpc) is 2.77. The predicted octanol–water partition coefficient (Wildman–Crippen LogP) is 3.94. The number of aromatic hydroxyl groups is 1. The molecule has 0 unspecified atom stereocenters. The van der Waals surface area contributed by atoms with Gasteiger partial charge < -0.3 is 20.8 Å². The van der Waals surface area contributed by atoms with E-state index in [9.17, 15) is 24.6 Å². The zero-order valence-corrected chi connectivity index (χ0v) is 18.3. The van der Waals surface area contributed by atoms with Crippen LogP contribution in [-0.2, 0) is 11.3 Å². The Bertz CT molecular complexity index is 1190. The third kappa shape index (κ3) is 6.05. The Morgan fingerprint density at radius 2 is 1.66 bits per heavy atom. The summed E-state index contributed by atoms with van der Waals surface area (Å²) in [6.45, 7) is 0.222. The summed E-state index contributed by atoms with van der Waals surface area (Å²) in [5, 5.41) is 24.0. The molecule has 0 aliphatic rings. The molecule has 32 heavy (non-hydrogen) atoms. The van der Waals surface area contributed by atoms with Gasteiger partial charge in [0.15, 0.2) is 0 Å². The molecule has 7 nitrogen and oxygen atoms in total. The number of carbonyl (C=O) groups is 3. The molecular formula is C24H19BrN2O5. The number of phenols is 1. The molecule has 0 aliphatic heterocycles. The Balaban J connectivity index is 1.70. The van der Waals surface area contributed by atoms with Gasteiger partial charge in [-0.3, -0.25) is 9.59 Å². The normalized spacial score (nSPS) is 11.0. The molecule has 0 bridgehead atoms. The fourth-order valence-electron chi connectivity index (χ4n) is 2.85. The Labute approximate surface area is 192 Å². The van der Waals surface area contributed by atoms with Gasteiger partial charge in [0.05, 0.1) is 5.56 Å². The summed E-state index contributed by atoms with van der Waals surface area (Å²) < 4.78 is 0.337. The maximum absolute atomic E-state index is 12.6. The van der Waals surface area contributed by atoms with Crippen molar-refractivity contribution >= 4 is 39.8 Å². The van der Waals surface area contributed by atoms with Crippen LogP contribution in [0.5, 0.6) is 5.75 Å². The highest BCUT2D eigenvalue weighted by Gasteiger charge is 2.17. The van der Waals surface area contributed by atoms with E-state index in [1.165, 1.54) is 30.3 Å². The molecule has 0 aliphatic carbocycles. The van der Waals surface area contributed by atoms with Gasteiger partial charge in [-0.25, -0.2) is 4.79 Å². The zero-order chi connectivity index (χ0) is 23.1. The van der Waals surface area contributed by atoms with Crippen LogP contribution >= 0.6 is 15.9 Å². The molecule has 0 radical (unpaired) electrons. The summed E-state index contributed by atoms with van der Waals surface area (Å²) in [5.41, 5.74) is 1.57. The zero-order valence-electron chi connectivity index (χ0n) is 16.7. The van der Waals surface area contributed by atoms with Crippen LogP contribution < -0.4 is 10.6 Å².